The summed E-state index contributed by atoms with van der Waals surface area (Å²) in [5, 5.41) is 10.8. The normalized spacial score (nSPS) is 17.5. The number of benzene rings is 2. The summed E-state index contributed by atoms with van der Waals surface area (Å²) in [4.78, 5) is 23.2. The number of carbonyl (C=O) groups excluding carboxylic acids is 1. The van der Waals surface area contributed by atoms with E-state index in [4.69, 9.17) is 9.84 Å². The first kappa shape index (κ1) is 26.5. The van der Waals surface area contributed by atoms with Crippen LogP contribution in [-0.2, 0) is 4.74 Å². The Morgan fingerprint density at radius 2 is 1.92 bits per heavy atom. The van der Waals surface area contributed by atoms with Crippen molar-refractivity contribution in [2.45, 2.75) is 25.8 Å². The number of urea groups is 1. The van der Waals surface area contributed by atoms with Gasteiger partial charge in [0.1, 0.15) is 11.5 Å². The van der Waals surface area contributed by atoms with Gasteiger partial charge in [0.2, 0.25) is 0 Å². The van der Waals surface area contributed by atoms with Gasteiger partial charge in [-0.2, -0.15) is 5.10 Å². The number of hydrogen-bond donors (Lipinski definition) is 3. The minimum Gasteiger partial charge on any atom is -0.383 e. The molecule has 3 N–H and O–H groups in total. The number of methoxy groups -OCH3 is 1. The fourth-order valence-electron chi connectivity index (χ4n) is 4.98. The second-order valence-electron chi connectivity index (χ2n) is 9.72. The predicted octanol–water partition coefficient (Wildman–Crippen LogP) is 4.39. The van der Waals surface area contributed by atoms with E-state index >= 15 is 0 Å². The molecule has 11 heteroatoms. The van der Waals surface area contributed by atoms with Crippen molar-refractivity contribution < 1.29 is 18.3 Å². The topological polar surface area (TPSA) is 100 Å². The Labute approximate surface area is 225 Å². The van der Waals surface area contributed by atoms with Crippen LogP contribution in [0.25, 0.3) is 17.2 Å². The molecule has 1 aliphatic heterocycles. The van der Waals surface area contributed by atoms with Gasteiger partial charge < -0.3 is 15.0 Å². The van der Waals surface area contributed by atoms with Crippen LogP contribution in [0.15, 0.2) is 54.7 Å². The number of aromatic nitrogens is 4. The zero-order valence-corrected chi connectivity index (χ0v) is 22.0. The molecule has 39 heavy (non-hydrogen) atoms. The number of amides is 2. The highest BCUT2D eigenvalue weighted by Crippen LogP contribution is 2.31. The Hall–Kier alpha value is -4.09. The summed E-state index contributed by atoms with van der Waals surface area (Å²) >= 11 is 0. The molecule has 4 aromatic rings. The number of anilines is 1. The maximum absolute atomic E-state index is 14.1. The number of H-pyrrole nitrogens is 1. The lowest BCUT2D eigenvalue weighted by Crippen LogP contribution is -2.42. The van der Waals surface area contributed by atoms with E-state index in [1.807, 2.05) is 44.2 Å². The number of aromatic amines is 1. The molecule has 0 saturated carbocycles. The molecule has 2 amide bonds. The van der Waals surface area contributed by atoms with E-state index in [1.54, 1.807) is 24.1 Å². The molecule has 9 nitrogen and oxygen atoms in total. The van der Waals surface area contributed by atoms with E-state index in [9.17, 15) is 13.6 Å². The van der Waals surface area contributed by atoms with Gasteiger partial charge in [0.05, 0.1) is 18.3 Å². The zero-order valence-electron chi connectivity index (χ0n) is 22.0. The van der Waals surface area contributed by atoms with Crippen LogP contribution in [0.2, 0.25) is 0 Å². The maximum Gasteiger partial charge on any atom is 0.320 e. The average molecular weight is 536 g/mol. The van der Waals surface area contributed by atoms with Crippen LogP contribution in [0, 0.1) is 25.5 Å². The van der Waals surface area contributed by atoms with Gasteiger partial charge in [-0.15, -0.1) is 0 Å². The quantitative estimate of drug-likeness (QED) is 0.311. The standard InChI is InChI=1S/C28H31F2N7O2/c1-17-14-31-26(32-17)25-18(2)27(37(35-25)20-7-5-4-6-8-20)34-28(38)33-24-16-36(11-12-39-3)15-21(24)19-9-10-22(29)23(30)13-19/h4-10,13-14,21,24H,11-12,15-16H2,1-3H3,(H,31,32)(H2,33,34,38)/t21-,24+/m0/s1. The molecule has 3 heterocycles. The van der Waals surface area contributed by atoms with E-state index in [0.717, 1.165) is 23.0 Å². The summed E-state index contributed by atoms with van der Waals surface area (Å²) in [6.07, 6.45) is 1.73. The van der Waals surface area contributed by atoms with Crippen molar-refractivity contribution >= 4 is 11.8 Å². The lowest BCUT2D eigenvalue weighted by atomic mass is 9.94. The molecule has 5 rings (SSSR count). The van der Waals surface area contributed by atoms with Crippen molar-refractivity contribution in [2.24, 2.45) is 0 Å². The molecule has 2 aromatic heterocycles. The number of aryl methyl sites for hydroxylation is 1. The fraction of sp³-hybridized carbons (Fsp3) is 0.321. The summed E-state index contributed by atoms with van der Waals surface area (Å²) in [5.41, 5.74) is 3.66. The molecule has 2 atom stereocenters. The van der Waals surface area contributed by atoms with Gasteiger partial charge in [-0.25, -0.2) is 23.2 Å². The third-order valence-corrected chi connectivity index (χ3v) is 6.98. The van der Waals surface area contributed by atoms with Gasteiger partial charge in [0.25, 0.3) is 0 Å². The number of carbonyl (C=O) groups is 1. The van der Waals surface area contributed by atoms with Gasteiger partial charge in [0, 0.05) is 50.1 Å². The van der Waals surface area contributed by atoms with Crippen LogP contribution in [-0.4, -0.2) is 70.1 Å². The van der Waals surface area contributed by atoms with Gasteiger partial charge in [-0.3, -0.25) is 10.2 Å². The first-order valence-electron chi connectivity index (χ1n) is 12.7. The van der Waals surface area contributed by atoms with Crippen LogP contribution in [0.3, 0.4) is 0 Å². The molecule has 2 aromatic carbocycles. The smallest absolute Gasteiger partial charge is 0.320 e. The number of imidazole rings is 1. The Balaban J connectivity index is 1.42. The third kappa shape index (κ3) is 5.69. The van der Waals surface area contributed by atoms with Gasteiger partial charge in [-0.05, 0) is 43.7 Å². The molecular formula is C28H31F2N7O2. The molecule has 1 saturated heterocycles. The Morgan fingerprint density at radius 3 is 2.62 bits per heavy atom. The van der Waals surface area contributed by atoms with Gasteiger partial charge in [0.15, 0.2) is 17.5 Å². The van der Waals surface area contributed by atoms with E-state index in [1.165, 1.54) is 6.07 Å². The Bertz CT molecular complexity index is 1450. The van der Waals surface area contributed by atoms with Crippen LogP contribution in [0.5, 0.6) is 0 Å². The minimum absolute atomic E-state index is 0.232. The van der Waals surface area contributed by atoms with Gasteiger partial charge >= 0.3 is 6.03 Å². The molecule has 0 spiro atoms. The van der Waals surface area contributed by atoms with E-state index in [-0.39, 0.29) is 12.0 Å². The molecule has 1 fully saturated rings. The van der Waals surface area contributed by atoms with Crippen molar-refractivity contribution in [1.29, 1.82) is 0 Å². The van der Waals surface area contributed by atoms with Crippen LogP contribution >= 0.6 is 0 Å². The average Bonchev–Trinajstić information content (AvgIpc) is 3.62. The third-order valence-electron chi connectivity index (χ3n) is 6.98. The van der Waals surface area contributed by atoms with Crippen molar-refractivity contribution in [3.63, 3.8) is 0 Å². The lowest BCUT2D eigenvalue weighted by molar-refractivity contribution is 0.159. The summed E-state index contributed by atoms with van der Waals surface area (Å²) in [5.74, 6) is -0.937. The highest BCUT2D eigenvalue weighted by molar-refractivity contribution is 5.91. The van der Waals surface area contributed by atoms with Crippen molar-refractivity contribution in [2.75, 3.05) is 38.7 Å². The van der Waals surface area contributed by atoms with Crippen molar-refractivity contribution in [3.05, 3.63) is 83.2 Å². The first-order valence-corrected chi connectivity index (χ1v) is 12.7. The predicted molar refractivity (Wildman–Crippen MR) is 144 cm³/mol. The number of para-hydroxylation sites is 1. The number of nitrogens with zero attached hydrogens (tertiary/aromatic N) is 4. The van der Waals surface area contributed by atoms with E-state index in [0.29, 0.717) is 49.1 Å². The number of ether oxygens (including phenoxy) is 1. The van der Waals surface area contributed by atoms with Crippen LogP contribution < -0.4 is 10.6 Å². The lowest BCUT2D eigenvalue weighted by Gasteiger charge is -2.21. The van der Waals surface area contributed by atoms with E-state index < -0.39 is 17.7 Å². The van der Waals surface area contributed by atoms with Crippen molar-refractivity contribution in [3.8, 4) is 17.2 Å². The maximum atomic E-state index is 14.1. The molecular weight excluding hydrogens is 504 g/mol. The van der Waals surface area contributed by atoms with Gasteiger partial charge in [-0.1, -0.05) is 24.3 Å². The zero-order chi connectivity index (χ0) is 27.5. The largest absolute Gasteiger partial charge is 0.383 e. The molecule has 0 aliphatic carbocycles. The minimum atomic E-state index is -0.908. The Morgan fingerprint density at radius 1 is 1.13 bits per heavy atom. The number of rotatable bonds is 8. The van der Waals surface area contributed by atoms with Crippen LogP contribution in [0.4, 0.5) is 19.4 Å². The molecule has 1 aliphatic rings. The molecule has 0 bridgehead atoms. The highest BCUT2D eigenvalue weighted by Gasteiger charge is 2.35. The summed E-state index contributed by atoms with van der Waals surface area (Å²) < 4.78 is 34.6. The molecule has 0 radical (unpaired) electrons. The summed E-state index contributed by atoms with van der Waals surface area (Å²) in [6, 6.07) is 12.6. The highest BCUT2D eigenvalue weighted by atomic mass is 19.2. The molecule has 0 unspecified atom stereocenters. The number of nitrogens with one attached hydrogen (secondary N) is 3. The number of likely N-dealkylation sites (tertiary alicyclic amines) is 1. The summed E-state index contributed by atoms with van der Waals surface area (Å²) in [6.45, 7) is 6.07. The monoisotopic (exact) mass is 535 g/mol. The van der Waals surface area contributed by atoms with E-state index in [2.05, 4.69) is 25.5 Å². The summed E-state index contributed by atoms with van der Waals surface area (Å²) in [7, 11) is 1.63. The Kier molecular flexibility index (Phi) is 7.71. The van der Waals surface area contributed by atoms with Crippen molar-refractivity contribution in [1.82, 2.24) is 30.0 Å². The number of halogens is 2. The van der Waals surface area contributed by atoms with Crippen LogP contribution in [0.1, 0.15) is 22.7 Å². The number of hydrogen-bond acceptors (Lipinski definition) is 5. The second kappa shape index (κ2) is 11.3. The fourth-order valence-corrected chi connectivity index (χ4v) is 4.98. The second-order valence-corrected chi connectivity index (χ2v) is 9.72. The SMILES string of the molecule is COCCN1C[C@@H](NC(=O)Nc2c(C)c(-c3ncc(C)[nH]3)nn2-c2ccccc2)[C@H](c2ccc(F)c(F)c2)C1. The first-order chi connectivity index (χ1) is 18.8. The molecule has 204 valence electrons.